The number of hydrogen-bond donors (Lipinski definition) is 0. The fourth-order valence-corrected chi connectivity index (χ4v) is 5.43. The zero-order valence-corrected chi connectivity index (χ0v) is 20.9. The Labute approximate surface area is 206 Å². The van der Waals surface area contributed by atoms with E-state index in [2.05, 4.69) is 15.9 Å². The number of esters is 2. The van der Waals surface area contributed by atoms with Crippen molar-refractivity contribution < 1.29 is 28.5 Å². The fourth-order valence-electron chi connectivity index (χ4n) is 5.09. The van der Waals surface area contributed by atoms with Gasteiger partial charge in [0.2, 0.25) is 5.72 Å². The summed E-state index contributed by atoms with van der Waals surface area (Å²) in [5.74, 6) is 0.186. The van der Waals surface area contributed by atoms with Crippen molar-refractivity contribution in [1.82, 2.24) is 0 Å². The third-order valence-corrected chi connectivity index (χ3v) is 6.76. The van der Waals surface area contributed by atoms with Crippen molar-refractivity contribution in [2.45, 2.75) is 33.4 Å². The molecule has 7 nitrogen and oxygen atoms in total. The van der Waals surface area contributed by atoms with Crippen molar-refractivity contribution in [3.05, 3.63) is 69.0 Å². The Kier molecular flexibility index (Phi) is 5.43. The summed E-state index contributed by atoms with van der Waals surface area (Å²) in [4.78, 5) is 28.2. The molecule has 2 aromatic rings. The van der Waals surface area contributed by atoms with Gasteiger partial charge < -0.3 is 18.9 Å². The van der Waals surface area contributed by atoms with Crippen molar-refractivity contribution >= 4 is 44.7 Å². The van der Waals surface area contributed by atoms with Crippen molar-refractivity contribution in [2.24, 2.45) is 0 Å². The van der Waals surface area contributed by atoms with Gasteiger partial charge in [-0.2, -0.15) is 0 Å². The van der Waals surface area contributed by atoms with Crippen LogP contribution in [0.3, 0.4) is 0 Å². The van der Waals surface area contributed by atoms with Gasteiger partial charge in [0.05, 0.1) is 24.5 Å². The van der Waals surface area contributed by atoms with Gasteiger partial charge in [0, 0.05) is 26.9 Å². The zero-order valence-electron chi connectivity index (χ0n) is 19.4. The topological polar surface area (TPSA) is 74.3 Å². The summed E-state index contributed by atoms with van der Waals surface area (Å²) in [6.45, 7) is 7.80. The second kappa shape index (κ2) is 8.20. The van der Waals surface area contributed by atoms with E-state index >= 15 is 0 Å². The van der Waals surface area contributed by atoms with Crippen molar-refractivity contribution in [2.75, 3.05) is 24.7 Å². The highest BCUT2D eigenvalue weighted by Crippen LogP contribution is 2.56. The Morgan fingerprint density at radius 2 is 1.68 bits per heavy atom. The molecule has 0 bridgehead atoms. The van der Waals surface area contributed by atoms with Crippen LogP contribution in [0.25, 0.3) is 11.1 Å². The van der Waals surface area contributed by atoms with Crippen LogP contribution in [0.5, 0.6) is 5.75 Å². The Morgan fingerprint density at radius 1 is 1.03 bits per heavy atom. The number of allylic oxidation sites excluding steroid dienone is 2. The molecule has 5 rings (SSSR count). The van der Waals surface area contributed by atoms with Crippen LogP contribution in [0.1, 0.15) is 44.4 Å². The maximum Gasteiger partial charge on any atom is 0.342 e. The van der Waals surface area contributed by atoms with Crippen molar-refractivity contribution in [1.29, 1.82) is 0 Å². The van der Waals surface area contributed by atoms with Crippen LogP contribution < -0.4 is 9.64 Å². The lowest BCUT2D eigenvalue weighted by Crippen LogP contribution is -2.58. The SMILES string of the molecule is CCOC(=O)C1=C(C)OC23COc4cc(Br)ccc4N2C(C)=C(C(=O)OCC)c2cccc1c23. The smallest absolute Gasteiger partial charge is 0.342 e. The number of anilines is 1. The average molecular weight is 526 g/mol. The fraction of sp³-hybridized carbons (Fsp3) is 0.308. The molecule has 0 saturated heterocycles. The Balaban J connectivity index is 1.85. The molecule has 1 spiro atoms. The van der Waals surface area contributed by atoms with Crippen molar-refractivity contribution in [3.8, 4) is 5.75 Å². The number of ether oxygens (including phenoxy) is 4. The molecule has 176 valence electrons. The predicted octanol–water partition coefficient (Wildman–Crippen LogP) is 5.13. The van der Waals surface area contributed by atoms with E-state index in [1.165, 1.54) is 0 Å². The maximum absolute atomic E-state index is 13.2. The summed E-state index contributed by atoms with van der Waals surface area (Å²) >= 11 is 3.50. The number of carbonyl (C=O) groups is 2. The second-order valence-corrected chi connectivity index (χ2v) is 9.10. The van der Waals surface area contributed by atoms with Gasteiger partial charge >= 0.3 is 11.9 Å². The molecule has 8 heteroatoms. The molecule has 2 aromatic carbocycles. The molecule has 0 aromatic heterocycles. The normalized spacial score (nSPS) is 20.0. The molecule has 0 saturated carbocycles. The van der Waals surface area contributed by atoms with E-state index in [0.717, 1.165) is 10.2 Å². The van der Waals surface area contributed by atoms with Gasteiger partial charge in [-0.15, -0.1) is 0 Å². The van der Waals surface area contributed by atoms with Crippen LogP contribution in [-0.4, -0.2) is 31.8 Å². The largest absolute Gasteiger partial charge is 0.485 e. The van der Waals surface area contributed by atoms with Gasteiger partial charge in [-0.25, -0.2) is 9.59 Å². The molecule has 0 N–H and O–H groups in total. The van der Waals surface area contributed by atoms with E-state index in [1.807, 2.05) is 48.2 Å². The van der Waals surface area contributed by atoms with Crippen LogP contribution in [0, 0.1) is 0 Å². The van der Waals surface area contributed by atoms with Crippen LogP contribution >= 0.6 is 15.9 Å². The van der Waals surface area contributed by atoms with E-state index < -0.39 is 17.7 Å². The van der Waals surface area contributed by atoms with Crippen LogP contribution in [0.2, 0.25) is 0 Å². The molecule has 0 radical (unpaired) electrons. The predicted molar refractivity (Wildman–Crippen MR) is 130 cm³/mol. The number of rotatable bonds is 4. The Hall–Kier alpha value is -3.26. The molecule has 1 atom stereocenters. The summed E-state index contributed by atoms with van der Waals surface area (Å²) < 4.78 is 24.5. The minimum absolute atomic E-state index is 0.154. The molecule has 0 aliphatic carbocycles. The summed E-state index contributed by atoms with van der Waals surface area (Å²) in [7, 11) is 0. The summed E-state index contributed by atoms with van der Waals surface area (Å²) in [6.07, 6.45) is 0. The number of halogens is 1. The maximum atomic E-state index is 13.2. The summed E-state index contributed by atoms with van der Waals surface area (Å²) in [5, 5.41) is 0. The molecule has 34 heavy (non-hydrogen) atoms. The van der Waals surface area contributed by atoms with Crippen LogP contribution in [-0.2, 0) is 29.5 Å². The number of fused-ring (bicyclic) bond motifs is 2. The zero-order chi connectivity index (χ0) is 24.2. The van der Waals surface area contributed by atoms with Gasteiger partial charge in [0.15, 0.2) is 6.61 Å². The van der Waals surface area contributed by atoms with Crippen LogP contribution in [0.15, 0.2) is 52.3 Å². The monoisotopic (exact) mass is 525 g/mol. The van der Waals surface area contributed by atoms with Gasteiger partial charge in [-0.3, -0.25) is 4.90 Å². The first-order chi connectivity index (χ1) is 16.3. The third-order valence-electron chi connectivity index (χ3n) is 6.27. The second-order valence-electron chi connectivity index (χ2n) is 8.18. The first kappa shape index (κ1) is 22.5. The highest BCUT2D eigenvalue weighted by molar-refractivity contribution is 9.10. The number of benzene rings is 2. The number of carbonyl (C=O) groups excluding carboxylic acids is 2. The van der Waals surface area contributed by atoms with Gasteiger partial charge in [-0.05, 0) is 45.9 Å². The number of nitrogens with zero attached hydrogens (tertiary/aromatic N) is 1. The highest BCUT2D eigenvalue weighted by Gasteiger charge is 2.56. The third kappa shape index (κ3) is 3.08. The number of hydrogen-bond acceptors (Lipinski definition) is 7. The molecule has 3 aliphatic heterocycles. The summed E-state index contributed by atoms with van der Waals surface area (Å²) in [5.41, 5.74) is 3.10. The first-order valence-corrected chi connectivity index (χ1v) is 11.9. The molecule has 3 aliphatic rings. The molecule has 1 unspecified atom stereocenters. The lowest BCUT2D eigenvalue weighted by molar-refractivity contribution is -0.137. The standard InChI is InChI=1S/C26H24BrNO6/c1-5-31-24(29)21-14(3)28-19-11-10-16(27)12-20(19)33-13-26(28)23-17(21)8-7-9-18(23)22(15(4)34-26)25(30)32-6-2/h7-12H,5-6,13H2,1-4H3. The average Bonchev–Trinajstić information content (AvgIpc) is 2.79. The Morgan fingerprint density at radius 3 is 2.35 bits per heavy atom. The van der Waals surface area contributed by atoms with E-state index in [4.69, 9.17) is 18.9 Å². The molecule has 0 fully saturated rings. The lowest BCUT2D eigenvalue weighted by atomic mass is 9.78. The minimum Gasteiger partial charge on any atom is -0.485 e. The quantitative estimate of drug-likeness (QED) is 0.512. The van der Waals surface area contributed by atoms with Gasteiger partial charge in [0.1, 0.15) is 17.1 Å². The first-order valence-electron chi connectivity index (χ1n) is 11.2. The Bertz CT molecular complexity index is 1300. The molecular weight excluding hydrogens is 502 g/mol. The minimum atomic E-state index is -1.10. The van der Waals surface area contributed by atoms with Gasteiger partial charge in [0.25, 0.3) is 0 Å². The summed E-state index contributed by atoms with van der Waals surface area (Å²) in [6, 6.07) is 11.3. The van der Waals surface area contributed by atoms with E-state index in [0.29, 0.717) is 45.0 Å². The van der Waals surface area contributed by atoms with Crippen LogP contribution in [0.4, 0.5) is 5.69 Å². The molecular formula is C26H24BrNO6. The molecule has 0 amide bonds. The van der Waals surface area contributed by atoms with Crippen molar-refractivity contribution in [3.63, 3.8) is 0 Å². The lowest BCUT2D eigenvalue weighted by Gasteiger charge is -2.53. The van der Waals surface area contributed by atoms with Gasteiger partial charge in [-0.1, -0.05) is 34.1 Å². The molecule has 3 heterocycles. The van der Waals surface area contributed by atoms with E-state index in [1.54, 1.807) is 20.8 Å². The highest BCUT2D eigenvalue weighted by atomic mass is 79.9. The van der Waals surface area contributed by atoms with E-state index in [9.17, 15) is 9.59 Å². The van der Waals surface area contributed by atoms with E-state index in [-0.39, 0.29) is 19.8 Å².